The van der Waals surface area contributed by atoms with Gasteiger partial charge in [-0.1, -0.05) is 11.6 Å². The van der Waals surface area contributed by atoms with Crippen LogP contribution in [-0.4, -0.2) is 92.1 Å². The number of carbonyl (C=O) groups excluding carboxylic acids is 2. The molecule has 3 N–H and O–H groups in total. The standard InChI is InChI=1S/C26H27ClF2N8O4.CH2O2/c1-40-23(39)13-31-17-5-9-35(10-6-17)22(38)15-36-14-20(33-19-12-32-37-8-2-7-30-25(19)37)24(34-36)18-11-16(27)3-4-21(18)41-26(28)29;2-1-3/h2-4,7-8,11-12,14,17,26,31,33H,5-6,9-10,13,15H2,1H3;1H,(H,2,3). The fraction of sp³-hybridized carbons (Fsp3) is 0.333. The van der Waals surface area contributed by atoms with Crippen LogP contribution in [0.25, 0.3) is 16.9 Å². The van der Waals surface area contributed by atoms with Crippen LogP contribution >= 0.6 is 11.6 Å². The van der Waals surface area contributed by atoms with Crippen molar-refractivity contribution in [3.05, 3.63) is 54.1 Å². The van der Waals surface area contributed by atoms with Crippen LogP contribution < -0.4 is 15.4 Å². The molecule has 1 saturated heterocycles. The molecule has 0 bridgehead atoms. The SMILES string of the molecule is COC(=O)CNC1CCN(C(=O)Cn2cc(Nc3cnn4cccnc34)c(-c3cc(Cl)ccc3OC(F)F)n2)CC1.O=CO. The molecule has 1 aliphatic rings. The van der Waals surface area contributed by atoms with E-state index >= 15 is 0 Å². The number of ether oxygens (including phenoxy) is 2. The van der Waals surface area contributed by atoms with E-state index in [9.17, 15) is 18.4 Å². The molecule has 0 unspecified atom stereocenters. The van der Waals surface area contributed by atoms with Crippen molar-refractivity contribution in [2.24, 2.45) is 0 Å². The molecule has 0 spiro atoms. The molecule has 14 nitrogen and oxygen atoms in total. The van der Waals surface area contributed by atoms with Gasteiger partial charge in [0.15, 0.2) is 5.65 Å². The van der Waals surface area contributed by atoms with Crippen LogP contribution in [0.2, 0.25) is 5.02 Å². The number of methoxy groups -OCH3 is 1. The number of hydrogen-bond acceptors (Lipinski definition) is 10. The van der Waals surface area contributed by atoms with Crippen LogP contribution in [-0.2, 0) is 25.7 Å². The fourth-order valence-corrected chi connectivity index (χ4v) is 4.78. The van der Waals surface area contributed by atoms with Crippen molar-refractivity contribution in [2.45, 2.75) is 32.0 Å². The van der Waals surface area contributed by atoms with Gasteiger partial charge in [-0.3, -0.25) is 19.1 Å². The largest absolute Gasteiger partial charge is 0.483 e. The average Bonchev–Trinajstić information content (AvgIpc) is 3.61. The number of alkyl halides is 2. The fourth-order valence-electron chi connectivity index (χ4n) is 4.61. The molecule has 44 heavy (non-hydrogen) atoms. The highest BCUT2D eigenvalue weighted by molar-refractivity contribution is 6.31. The molecular weight excluding hydrogens is 606 g/mol. The van der Waals surface area contributed by atoms with Gasteiger partial charge < -0.3 is 30.1 Å². The van der Waals surface area contributed by atoms with Crippen molar-refractivity contribution >= 4 is 47.0 Å². The number of fused-ring (bicyclic) bond motifs is 1. The van der Waals surface area contributed by atoms with E-state index in [1.54, 1.807) is 40.3 Å². The lowest BCUT2D eigenvalue weighted by Gasteiger charge is -2.32. The van der Waals surface area contributed by atoms with Crippen molar-refractivity contribution in [3.8, 4) is 17.0 Å². The van der Waals surface area contributed by atoms with E-state index in [1.165, 1.54) is 30.0 Å². The van der Waals surface area contributed by atoms with Crippen LogP contribution in [0.1, 0.15) is 12.8 Å². The lowest BCUT2D eigenvalue weighted by Crippen LogP contribution is -2.47. The summed E-state index contributed by atoms with van der Waals surface area (Å²) < 4.78 is 38.9. The highest BCUT2D eigenvalue weighted by Crippen LogP contribution is 2.38. The number of esters is 1. The van der Waals surface area contributed by atoms with E-state index in [0.29, 0.717) is 48.0 Å². The van der Waals surface area contributed by atoms with Gasteiger partial charge in [0.2, 0.25) is 5.91 Å². The first-order valence-electron chi connectivity index (χ1n) is 13.3. The van der Waals surface area contributed by atoms with Crippen molar-refractivity contribution in [2.75, 3.05) is 32.1 Å². The predicted molar refractivity (Wildman–Crippen MR) is 154 cm³/mol. The number of benzene rings is 1. The molecule has 0 atom stereocenters. The minimum Gasteiger partial charge on any atom is -0.483 e. The molecule has 17 heteroatoms. The van der Waals surface area contributed by atoms with E-state index in [-0.39, 0.29) is 54.5 Å². The lowest BCUT2D eigenvalue weighted by molar-refractivity contribution is -0.140. The maximum atomic E-state index is 13.2. The number of hydrogen-bond donors (Lipinski definition) is 3. The Morgan fingerprint density at radius 3 is 2.70 bits per heavy atom. The maximum Gasteiger partial charge on any atom is 0.387 e. The van der Waals surface area contributed by atoms with Crippen molar-refractivity contribution in [1.82, 2.24) is 34.6 Å². The van der Waals surface area contributed by atoms with E-state index in [0.717, 1.165) is 0 Å². The van der Waals surface area contributed by atoms with Crippen LogP contribution in [0.15, 0.2) is 49.1 Å². The van der Waals surface area contributed by atoms with Gasteiger partial charge in [-0.05, 0) is 37.1 Å². The number of piperidine rings is 1. The molecule has 1 fully saturated rings. The summed E-state index contributed by atoms with van der Waals surface area (Å²) in [5.74, 6) is -0.627. The van der Waals surface area contributed by atoms with E-state index in [2.05, 4.69) is 30.6 Å². The summed E-state index contributed by atoms with van der Waals surface area (Å²) in [5.41, 5.74) is 1.94. The molecule has 0 radical (unpaired) electrons. The number of halogens is 3. The Morgan fingerprint density at radius 1 is 1.25 bits per heavy atom. The van der Waals surface area contributed by atoms with Gasteiger partial charge in [0.05, 0.1) is 25.5 Å². The Bertz CT molecular complexity index is 1590. The molecule has 234 valence electrons. The summed E-state index contributed by atoms with van der Waals surface area (Å²) in [6.07, 6.45) is 7.89. The van der Waals surface area contributed by atoms with Gasteiger partial charge >= 0.3 is 12.6 Å². The number of nitrogens with zero attached hydrogens (tertiary/aromatic N) is 6. The highest BCUT2D eigenvalue weighted by Gasteiger charge is 2.25. The van der Waals surface area contributed by atoms with E-state index in [4.69, 9.17) is 26.2 Å². The summed E-state index contributed by atoms with van der Waals surface area (Å²) in [5, 5.41) is 22.4. The average molecular weight is 635 g/mol. The topological polar surface area (TPSA) is 165 Å². The molecule has 4 heterocycles. The third-order valence-corrected chi connectivity index (χ3v) is 6.87. The molecule has 1 aromatic carbocycles. The number of likely N-dealkylation sites (tertiary alicyclic amines) is 1. The van der Waals surface area contributed by atoms with Crippen LogP contribution in [0.4, 0.5) is 20.2 Å². The first-order chi connectivity index (χ1) is 21.2. The number of rotatable bonds is 10. The first-order valence-corrected chi connectivity index (χ1v) is 13.6. The molecule has 0 aliphatic carbocycles. The minimum absolute atomic E-state index is 0.0897. The Labute approximate surface area is 254 Å². The van der Waals surface area contributed by atoms with Crippen LogP contribution in [0, 0.1) is 0 Å². The van der Waals surface area contributed by atoms with E-state index in [1.807, 2.05) is 0 Å². The number of aromatic nitrogens is 5. The van der Waals surface area contributed by atoms with E-state index < -0.39 is 6.61 Å². The number of anilines is 2. The smallest absolute Gasteiger partial charge is 0.387 e. The molecule has 3 aromatic heterocycles. The predicted octanol–water partition coefficient (Wildman–Crippen LogP) is 3.05. The molecule has 5 rings (SSSR count). The van der Waals surface area contributed by atoms with Gasteiger partial charge in [0.25, 0.3) is 6.47 Å². The molecule has 1 amide bonds. The number of amides is 1. The highest BCUT2D eigenvalue weighted by atomic mass is 35.5. The zero-order valence-corrected chi connectivity index (χ0v) is 24.2. The van der Waals surface area contributed by atoms with Gasteiger partial charge in [-0.25, -0.2) is 9.50 Å². The Balaban J connectivity index is 0.00000141. The summed E-state index contributed by atoms with van der Waals surface area (Å²) in [7, 11) is 1.33. The summed E-state index contributed by atoms with van der Waals surface area (Å²) in [4.78, 5) is 39.0. The zero-order chi connectivity index (χ0) is 31.6. The number of carboxylic acid groups (broad SMARTS) is 1. The molecule has 0 saturated carbocycles. The summed E-state index contributed by atoms with van der Waals surface area (Å²) in [6, 6.07) is 6.08. The number of carbonyl (C=O) groups is 3. The second-order valence-electron chi connectivity index (χ2n) is 9.40. The van der Waals surface area contributed by atoms with Gasteiger partial charge in [0.1, 0.15) is 23.7 Å². The Hall–Kier alpha value is -4.83. The lowest BCUT2D eigenvalue weighted by atomic mass is 10.1. The van der Waals surface area contributed by atoms with Crippen LogP contribution in [0.5, 0.6) is 5.75 Å². The quantitative estimate of drug-likeness (QED) is 0.173. The van der Waals surface area contributed by atoms with Crippen LogP contribution in [0.3, 0.4) is 0 Å². The van der Waals surface area contributed by atoms with Crippen molar-refractivity contribution in [3.63, 3.8) is 0 Å². The second-order valence-corrected chi connectivity index (χ2v) is 9.83. The third kappa shape index (κ3) is 8.17. The second kappa shape index (κ2) is 15.1. The maximum absolute atomic E-state index is 13.2. The normalized spacial score (nSPS) is 13.3. The van der Waals surface area contributed by atoms with Gasteiger partial charge in [-0.2, -0.15) is 19.0 Å². The zero-order valence-electron chi connectivity index (χ0n) is 23.4. The molecular formula is C27H29ClF2N8O6. The van der Waals surface area contributed by atoms with Gasteiger partial charge in [0, 0.05) is 48.3 Å². The summed E-state index contributed by atoms with van der Waals surface area (Å²) >= 11 is 6.22. The molecule has 1 aliphatic heterocycles. The minimum atomic E-state index is -3.07. The monoisotopic (exact) mass is 634 g/mol. The Morgan fingerprint density at radius 2 is 2.00 bits per heavy atom. The van der Waals surface area contributed by atoms with Gasteiger partial charge in [-0.15, -0.1) is 0 Å². The summed E-state index contributed by atoms with van der Waals surface area (Å²) in [6.45, 7) is -2.28. The number of nitrogens with one attached hydrogen (secondary N) is 2. The Kier molecular flexibility index (Phi) is 11.0. The molecule has 4 aromatic rings. The van der Waals surface area contributed by atoms with Crippen molar-refractivity contribution < 1.29 is 37.7 Å². The third-order valence-electron chi connectivity index (χ3n) is 6.63. The van der Waals surface area contributed by atoms with Crippen molar-refractivity contribution in [1.29, 1.82) is 0 Å². The first kappa shape index (κ1) is 32.1.